The van der Waals surface area contributed by atoms with Gasteiger partial charge in [0.05, 0.1) is 30.1 Å². The maximum absolute atomic E-state index is 12.5. The van der Waals surface area contributed by atoms with Crippen molar-refractivity contribution < 1.29 is 14.3 Å². The minimum Gasteiger partial charge on any atom is -0.491 e. The van der Waals surface area contributed by atoms with E-state index in [0.717, 1.165) is 25.7 Å². The number of aromatic nitrogens is 2. The lowest BCUT2D eigenvalue weighted by Crippen LogP contribution is -2.16. The SMILES string of the molecule is COc1cnc(C(=O)Nc2c(Cl)ccnc2Cl)cc1OC1CCCC1. The Labute approximate surface area is 155 Å². The predicted molar refractivity (Wildman–Crippen MR) is 95.9 cm³/mol. The zero-order valence-corrected chi connectivity index (χ0v) is 15.1. The van der Waals surface area contributed by atoms with Crippen LogP contribution in [0.25, 0.3) is 0 Å². The lowest BCUT2D eigenvalue weighted by molar-refractivity contribution is 0.102. The number of hydrogen-bond acceptors (Lipinski definition) is 5. The number of carbonyl (C=O) groups excluding carboxylic acids is 1. The second-order valence-corrected chi connectivity index (χ2v) is 6.42. The average molecular weight is 382 g/mol. The van der Waals surface area contributed by atoms with Gasteiger partial charge in [0, 0.05) is 12.3 Å². The molecule has 132 valence electrons. The first-order valence-electron chi connectivity index (χ1n) is 7.90. The first-order valence-corrected chi connectivity index (χ1v) is 8.66. The van der Waals surface area contributed by atoms with Crippen molar-refractivity contribution in [2.24, 2.45) is 0 Å². The van der Waals surface area contributed by atoms with Crippen LogP contribution in [0.3, 0.4) is 0 Å². The summed E-state index contributed by atoms with van der Waals surface area (Å²) in [7, 11) is 1.54. The smallest absolute Gasteiger partial charge is 0.274 e. The van der Waals surface area contributed by atoms with E-state index in [1.54, 1.807) is 12.1 Å². The van der Waals surface area contributed by atoms with E-state index < -0.39 is 5.91 Å². The molecule has 0 aliphatic heterocycles. The van der Waals surface area contributed by atoms with E-state index in [9.17, 15) is 4.79 Å². The zero-order chi connectivity index (χ0) is 17.8. The second-order valence-electron chi connectivity index (χ2n) is 5.66. The molecule has 1 fully saturated rings. The van der Waals surface area contributed by atoms with Crippen LogP contribution in [-0.4, -0.2) is 29.1 Å². The highest BCUT2D eigenvalue weighted by molar-refractivity contribution is 6.39. The highest BCUT2D eigenvalue weighted by Gasteiger charge is 2.21. The number of carbonyl (C=O) groups is 1. The Morgan fingerprint density at radius 2 is 2.00 bits per heavy atom. The van der Waals surface area contributed by atoms with Crippen molar-refractivity contribution in [3.8, 4) is 11.5 Å². The van der Waals surface area contributed by atoms with Gasteiger partial charge in [0.15, 0.2) is 16.7 Å². The molecule has 1 N–H and O–H groups in total. The molecule has 1 amide bonds. The van der Waals surface area contributed by atoms with Crippen molar-refractivity contribution >= 4 is 34.8 Å². The van der Waals surface area contributed by atoms with Gasteiger partial charge in [-0.05, 0) is 31.7 Å². The number of nitrogens with one attached hydrogen (secondary N) is 1. The van der Waals surface area contributed by atoms with E-state index in [-0.39, 0.29) is 22.6 Å². The van der Waals surface area contributed by atoms with Gasteiger partial charge in [-0.15, -0.1) is 0 Å². The molecule has 2 aromatic rings. The van der Waals surface area contributed by atoms with Crippen molar-refractivity contribution in [3.63, 3.8) is 0 Å². The number of hydrogen-bond donors (Lipinski definition) is 1. The van der Waals surface area contributed by atoms with Crippen molar-refractivity contribution in [2.45, 2.75) is 31.8 Å². The second kappa shape index (κ2) is 7.89. The summed E-state index contributed by atoms with van der Waals surface area (Å²) in [4.78, 5) is 20.5. The standard InChI is InChI=1S/C17H17Cl2N3O3/c1-24-14-9-21-12(8-13(14)25-10-4-2-3-5-10)17(23)22-15-11(18)6-7-20-16(15)19/h6-10H,2-5H2,1H3,(H,22,23). The van der Waals surface area contributed by atoms with E-state index in [1.807, 2.05) is 0 Å². The van der Waals surface area contributed by atoms with E-state index in [1.165, 1.54) is 19.5 Å². The fraction of sp³-hybridized carbons (Fsp3) is 0.353. The van der Waals surface area contributed by atoms with Crippen LogP contribution in [0.5, 0.6) is 11.5 Å². The zero-order valence-electron chi connectivity index (χ0n) is 13.6. The molecule has 0 bridgehead atoms. The first kappa shape index (κ1) is 17.8. The highest BCUT2D eigenvalue weighted by Crippen LogP contribution is 2.32. The Bertz CT molecular complexity index is 759. The fourth-order valence-corrected chi connectivity index (χ4v) is 3.13. The number of rotatable bonds is 5. The number of ether oxygens (including phenoxy) is 2. The van der Waals surface area contributed by atoms with Crippen LogP contribution >= 0.6 is 23.2 Å². The third kappa shape index (κ3) is 4.14. The molecule has 6 nitrogen and oxygen atoms in total. The number of halogens is 2. The summed E-state index contributed by atoms with van der Waals surface area (Å²) in [5.74, 6) is 0.523. The van der Waals surface area contributed by atoms with Gasteiger partial charge in [-0.1, -0.05) is 23.2 Å². The molecule has 25 heavy (non-hydrogen) atoms. The molecule has 2 heterocycles. The van der Waals surface area contributed by atoms with Crippen LogP contribution < -0.4 is 14.8 Å². The van der Waals surface area contributed by atoms with Crippen molar-refractivity contribution in [1.29, 1.82) is 0 Å². The summed E-state index contributed by atoms with van der Waals surface area (Å²) in [6.45, 7) is 0. The highest BCUT2D eigenvalue weighted by atomic mass is 35.5. The third-order valence-electron chi connectivity index (χ3n) is 3.97. The minimum atomic E-state index is -0.462. The van der Waals surface area contributed by atoms with Crippen LogP contribution in [0, 0.1) is 0 Å². The number of anilines is 1. The summed E-state index contributed by atoms with van der Waals surface area (Å²) in [6, 6.07) is 3.10. The minimum absolute atomic E-state index is 0.108. The molecular weight excluding hydrogens is 365 g/mol. The lowest BCUT2D eigenvalue weighted by atomic mass is 10.2. The molecule has 0 unspecified atom stereocenters. The van der Waals surface area contributed by atoms with Gasteiger partial charge in [-0.2, -0.15) is 0 Å². The largest absolute Gasteiger partial charge is 0.491 e. The van der Waals surface area contributed by atoms with Crippen LogP contribution in [0.1, 0.15) is 36.2 Å². The molecule has 0 atom stereocenters. The van der Waals surface area contributed by atoms with Gasteiger partial charge >= 0.3 is 0 Å². The van der Waals surface area contributed by atoms with Crippen molar-refractivity contribution in [2.75, 3.05) is 12.4 Å². The Balaban J connectivity index is 1.82. The maximum atomic E-state index is 12.5. The molecule has 2 aromatic heterocycles. The number of methoxy groups -OCH3 is 1. The third-order valence-corrected chi connectivity index (χ3v) is 4.57. The molecule has 0 spiro atoms. The quantitative estimate of drug-likeness (QED) is 0.778. The van der Waals surface area contributed by atoms with Gasteiger partial charge in [0.2, 0.25) is 0 Å². The lowest BCUT2D eigenvalue weighted by Gasteiger charge is -2.16. The van der Waals surface area contributed by atoms with E-state index in [0.29, 0.717) is 16.5 Å². The summed E-state index contributed by atoms with van der Waals surface area (Å²) >= 11 is 12.0. The summed E-state index contributed by atoms with van der Waals surface area (Å²) in [5.41, 5.74) is 0.413. The molecular formula is C17H17Cl2N3O3. The summed E-state index contributed by atoms with van der Waals surface area (Å²) < 4.78 is 11.3. The Kier molecular flexibility index (Phi) is 5.60. The van der Waals surface area contributed by atoms with E-state index >= 15 is 0 Å². The topological polar surface area (TPSA) is 73.3 Å². The van der Waals surface area contributed by atoms with E-state index in [2.05, 4.69) is 15.3 Å². The van der Waals surface area contributed by atoms with Crippen LogP contribution in [-0.2, 0) is 0 Å². The first-order chi connectivity index (χ1) is 12.1. The monoisotopic (exact) mass is 381 g/mol. The fourth-order valence-electron chi connectivity index (χ4n) is 2.68. The van der Waals surface area contributed by atoms with Gasteiger partial charge in [0.25, 0.3) is 5.91 Å². The Morgan fingerprint density at radius 1 is 1.24 bits per heavy atom. The van der Waals surface area contributed by atoms with Crippen molar-refractivity contribution in [1.82, 2.24) is 9.97 Å². The molecule has 8 heteroatoms. The Morgan fingerprint density at radius 3 is 2.68 bits per heavy atom. The molecule has 1 saturated carbocycles. The number of nitrogens with zero attached hydrogens (tertiary/aromatic N) is 2. The molecule has 1 aliphatic rings. The summed E-state index contributed by atoms with van der Waals surface area (Å²) in [5, 5.41) is 3.03. The van der Waals surface area contributed by atoms with Gasteiger partial charge in [-0.25, -0.2) is 9.97 Å². The van der Waals surface area contributed by atoms with Crippen molar-refractivity contribution in [3.05, 3.63) is 40.4 Å². The molecule has 1 aliphatic carbocycles. The predicted octanol–water partition coefficient (Wildman–Crippen LogP) is 4.37. The van der Waals surface area contributed by atoms with E-state index in [4.69, 9.17) is 32.7 Å². The maximum Gasteiger partial charge on any atom is 0.274 e. The Hall–Kier alpha value is -2.05. The summed E-state index contributed by atoms with van der Waals surface area (Å²) in [6.07, 6.45) is 7.33. The van der Waals surface area contributed by atoms with Crippen LogP contribution in [0.4, 0.5) is 5.69 Å². The van der Waals surface area contributed by atoms with Crippen LogP contribution in [0.2, 0.25) is 10.2 Å². The number of pyridine rings is 2. The number of amides is 1. The molecule has 0 radical (unpaired) electrons. The molecule has 3 rings (SSSR count). The normalized spacial score (nSPS) is 14.4. The van der Waals surface area contributed by atoms with Crippen LogP contribution in [0.15, 0.2) is 24.5 Å². The van der Waals surface area contributed by atoms with Gasteiger partial charge in [0.1, 0.15) is 5.69 Å². The van der Waals surface area contributed by atoms with Gasteiger partial charge < -0.3 is 14.8 Å². The molecule has 0 saturated heterocycles. The van der Waals surface area contributed by atoms with Gasteiger partial charge in [-0.3, -0.25) is 4.79 Å². The molecule has 0 aromatic carbocycles. The average Bonchev–Trinajstić information content (AvgIpc) is 3.11.